The Kier molecular flexibility index (Phi) is 9.02. The Morgan fingerprint density at radius 3 is 2.55 bits per heavy atom. The first kappa shape index (κ1) is 23.9. The van der Waals surface area contributed by atoms with E-state index < -0.39 is 0 Å². The highest BCUT2D eigenvalue weighted by Crippen LogP contribution is 2.30. The van der Waals surface area contributed by atoms with E-state index in [0.29, 0.717) is 18.3 Å². The molecule has 2 aromatic carbocycles. The zero-order chi connectivity index (χ0) is 20.8. The van der Waals surface area contributed by atoms with Crippen LogP contribution in [0.25, 0.3) is 0 Å². The Labute approximate surface area is 203 Å². The molecule has 2 aliphatic rings. The maximum absolute atomic E-state index is 10.4. The molecule has 1 fully saturated rings. The Hall–Kier alpha value is -1.80. The van der Waals surface area contributed by atoms with Gasteiger partial charge in [0.2, 0.25) is 0 Å². The number of aromatic hydroxyl groups is 1. The number of aliphatic imine (C=N–C) groups is 1. The summed E-state index contributed by atoms with van der Waals surface area (Å²) in [5.41, 5.74) is 5.14. The number of fused-ring (bicyclic) bond motifs is 1. The van der Waals surface area contributed by atoms with Gasteiger partial charge in [0, 0.05) is 44.8 Å². The predicted octanol–water partition coefficient (Wildman–Crippen LogP) is 4.22. The molecule has 0 bridgehead atoms. The number of piperidine rings is 1. The van der Waals surface area contributed by atoms with Crippen LogP contribution in [-0.2, 0) is 25.9 Å². The minimum absolute atomic E-state index is 0. The Morgan fingerprint density at radius 2 is 1.81 bits per heavy atom. The van der Waals surface area contributed by atoms with Crippen molar-refractivity contribution in [3.63, 3.8) is 0 Å². The van der Waals surface area contributed by atoms with Gasteiger partial charge in [-0.05, 0) is 61.3 Å². The van der Waals surface area contributed by atoms with Crippen LogP contribution in [0.3, 0.4) is 0 Å². The summed E-state index contributed by atoms with van der Waals surface area (Å²) in [5.74, 6) is 1.22. The van der Waals surface area contributed by atoms with E-state index in [2.05, 4.69) is 56.9 Å². The van der Waals surface area contributed by atoms with E-state index in [1.165, 1.54) is 29.5 Å². The molecule has 0 spiro atoms. The maximum atomic E-state index is 10.4. The first-order valence-corrected chi connectivity index (χ1v) is 11.3. The number of guanidine groups is 1. The van der Waals surface area contributed by atoms with Gasteiger partial charge in [0.1, 0.15) is 5.75 Å². The Morgan fingerprint density at radius 1 is 1.06 bits per heavy atom. The molecule has 0 atom stereocenters. The second kappa shape index (κ2) is 11.7. The van der Waals surface area contributed by atoms with Crippen LogP contribution in [0.4, 0.5) is 0 Å². The Bertz CT molecular complexity index is 863. The van der Waals surface area contributed by atoms with Gasteiger partial charge < -0.3 is 15.7 Å². The second-order valence-electron chi connectivity index (χ2n) is 8.51. The number of aryl methyl sites for hydroxylation is 1. The monoisotopic (exact) mass is 534 g/mol. The third-order valence-corrected chi connectivity index (χ3v) is 6.46. The molecule has 6 heteroatoms. The molecule has 1 aliphatic heterocycles. The summed E-state index contributed by atoms with van der Waals surface area (Å²) in [6.07, 6.45) is 6.86. The van der Waals surface area contributed by atoms with Crippen molar-refractivity contribution in [2.24, 2.45) is 4.99 Å². The molecule has 31 heavy (non-hydrogen) atoms. The van der Waals surface area contributed by atoms with E-state index in [1.54, 1.807) is 0 Å². The lowest BCUT2D eigenvalue weighted by molar-refractivity contribution is 0.198. The summed E-state index contributed by atoms with van der Waals surface area (Å²) in [6.45, 7) is 3.83. The minimum atomic E-state index is 0. The largest absolute Gasteiger partial charge is 0.508 e. The average molecular weight is 534 g/mol. The van der Waals surface area contributed by atoms with Crippen molar-refractivity contribution in [3.05, 3.63) is 64.7 Å². The van der Waals surface area contributed by atoms with Crippen molar-refractivity contribution in [2.75, 3.05) is 20.1 Å². The van der Waals surface area contributed by atoms with Crippen molar-refractivity contribution in [3.8, 4) is 5.75 Å². The highest BCUT2D eigenvalue weighted by molar-refractivity contribution is 14.0. The molecular formula is C25H35IN4O. The molecule has 0 amide bonds. The van der Waals surface area contributed by atoms with Gasteiger partial charge in [0.05, 0.1) is 0 Å². The molecule has 1 heterocycles. The lowest BCUT2D eigenvalue weighted by atomic mass is 9.88. The molecule has 2 aromatic rings. The van der Waals surface area contributed by atoms with Gasteiger partial charge >= 0.3 is 0 Å². The van der Waals surface area contributed by atoms with Crippen LogP contribution < -0.4 is 10.6 Å². The maximum Gasteiger partial charge on any atom is 0.191 e. The summed E-state index contributed by atoms with van der Waals surface area (Å²) in [4.78, 5) is 6.95. The summed E-state index contributed by atoms with van der Waals surface area (Å²) in [5, 5.41) is 17.4. The van der Waals surface area contributed by atoms with Crippen LogP contribution >= 0.6 is 24.0 Å². The van der Waals surface area contributed by atoms with Gasteiger partial charge in [-0.25, -0.2) is 0 Å². The molecule has 1 saturated heterocycles. The fraction of sp³-hybridized carbons (Fsp3) is 0.480. The normalized spacial score (nSPS) is 17.5. The van der Waals surface area contributed by atoms with Gasteiger partial charge in [-0.2, -0.15) is 0 Å². The van der Waals surface area contributed by atoms with Crippen LogP contribution in [0.1, 0.15) is 47.9 Å². The Balaban J connectivity index is 0.00000272. The molecule has 0 unspecified atom stereocenters. The van der Waals surface area contributed by atoms with Gasteiger partial charge in [0.15, 0.2) is 5.96 Å². The summed E-state index contributed by atoms with van der Waals surface area (Å²) in [6, 6.07) is 15.1. The highest BCUT2D eigenvalue weighted by Gasteiger charge is 2.21. The minimum Gasteiger partial charge on any atom is -0.508 e. The van der Waals surface area contributed by atoms with E-state index in [-0.39, 0.29) is 24.0 Å². The number of phenolic OH excluding ortho intramolecular Hbond substituents is 1. The molecule has 168 valence electrons. The molecule has 0 radical (unpaired) electrons. The first-order valence-electron chi connectivity index (χ1n) is 11.3. The summed E-state index contributed by atoms with van der Waals surface area (Å²) < 4.78 is 0. The standard InChI is InChI=1S/C25H34N4O.HI/c1-26-25(27-17-23-22-10-6-5-9-20(22)11-12-24(23)30)28-21-13-15-29(16-14-21)18-19-7-3-2-4-8-19;/h2-4,7-8,11-12,21,30H,5-6,9-10,13-18H2,1H3,(H2,26,27,28);1H. The number of benzene rings is 2. The highest BCUT2D eigenvalue weighted by atomic mass is 127. The van der Waals surface area contributed by atoms with Crippen molar-refractivity contribution in [2.45, 2.75) is 57.7 Å². The van der Waals surface area contributed by atoms with Crippen LogP contribution in [0, 0.1) is 0 Å². The lowest BCUT2D eigenvalue weighted by Crippen LogP contribution is -2.48. The smallest absolute Gasteiger partial charge is 0.191 e. The molecule has 4 rings (SSSR count). The lowest BCUT2D eigenvalue weighted by Gasteiger charge is -2.33. The number of likely N-dealkylation sites (tertiary alicyclic amines) is 1. The number of nitrogens with zero attached hydrogens (tertiary/aromatic N) is 2. The third kappa shape index (κ3) is 6.35. The summed E-state index contributed by atoms with van der Waals surface area (Å²) in [7, 11) is 1.82. The van der Waals surface area contributed by atoms with E-state index in [4.69, 9.17) is 0 Å². The molecule has 5 nitrogen and oxygen atoms in total. The number of hydrogen-bond donors (Lipinski definition) is 3. The zero-order valence-electron chi connectivity index (χ0n) is 18.4. The van der Waals surface area contributed by atoms with Crippen molar-refractivity contribution in [1.82, 2.24) is 15.5 Å². The van der Waals surface area contributed by atoms with E-state index in [1.807, 2.05) is 13.1 Å². The van der Waals surface area contributed by atoms with Crippen LogP contribution in [0.15, 0.2) is 47.5 Å². The van der Waals surface area contributed by atoms with Crippen molar-refractivity contribution in [1.29, 1.82) is 0 Å². The summed E-state index contributed by atoms with van der Waals surface area (Å²) >= 11 is 0. The van der Waals surface area contributed by atoms with Crippen LogP contribution in [0.5, 0.6) is 5.75 Å². The van der Waals surface area contributed by atoms with Gasteiger partial charge in [-0.15, -0.1) is 24.0 Å². The molecule has 3 N–H and O–H groups in total. The SMILES string of the molecule is CN=C(NCc1c(O)ccc2c1CCCC2)NC1CCN(Cc2ccccc2)CC1.I. The van der Waals surface area contributed by atoms with Crippen LogP contribution in [-0.4, -0.2) is 42.1 Å². The van der Waals surface area contributed by atoms with E-state index >= 15 is 0 Å². The second-order valence-corrected chi connectivity index (χ2v) is 8.51. The van der Waals surface area contributed by atoms with Gasteiger partial charge in [-0.1, -0.05) is 36.4 Å². The molecular weight excluding hydrogens is 499 g/mol. The fourth-order valence-corrected chi connectivity index (χ4v) is 4.73. The first-order chi connectivity index (χ1) is 14.7. The van der Waals surface area contributed by atoms with E-state index in [0.717, 1.165) is 56.8 Å². The topological polar surface area (TPSA) is 59.9 Å². The van der Waals surface area contributed by atoms with Crippen molar-refractivity contribution >= 4 is 29.9 Å². The number of rotatable bonds is 5. The molecule has 0 saturated carbocycles. The number of halogens is 1. The zero-order valence-corrected chi connectivity index (χ0v) is 20.8. The third-order valence-electron chi connectivity index (χ3n) is 6.46. The van der Waals surface area contributed by atoms with Crippen molar-refractivity contribution < 1.29 is 5.11 Å². The number of hydrogen-bond acceptors (Lipinski definition) is 3. The quantitative estimate of drug-likeness (QED) is 0.306. The molecule has 0 aromatic heterocycles. The van der Waals surface area contributed by atoms with E-state index in [9.17, 15) is 5.11 Å². The van der Waals surface area contributed by atoms with Gasteiger partial charge in [-0.3, -0.25) is 9.89 Å². The van der Waals surface area contributed by atoms with Gasteiger partial charge in [0.25, 0.3) is 0 Å². The average Bonchev–Trinajstić information content (AvgIpc) is 2.79. The number of nitrogens with one attached hydrogen (secondary N) is 2. The molecule has 1 aliphatic carbocycles. The fourth-order valence-electron chi connectivity index (χ4n) is 4.73. The van der Waals surface area contributed by atoms with Crippen LogP contribution in [0.2, 0.25) is 0 Å². The number of phenols is 1. The predicted molar refractivity (Wildman–Crippen MR) is 138 cm³/mol.